The zero-order chi connectivity index (χ0) is 17.4. The fraction of sp³-hybridized carbons (Fsp3) is 0.438. The number of amides is 1. The molecule has 0 radical (unpaired) electrons. The zero-order valence-corrected chi connectivity index (χ0v) is 13.6. The van der Waals surface area contributed by atoms with Gasteiger partial charge in [0.1, 0.15) is 0 Å². The maximum Gasteiger partial charge on any atom is 0.340 e. The van der Waals surface area contributed by atoms with Crippen LogP contribution in [0.25, 0.3) is 0 Å². The van der Waals surface area contributed by atoms with Crippen molar-refractivity contribution in [1.82, 2.24) is 4.90 Å². The summed E-state index contributed by atoms with van der Waals surface area (Å²) in [4.78, 5) is 37.3. The van der Waals surface area contributed by atoms with E-state index >= 15 is 0 Å². The van der Waals surface area contributed by atoms with Crippen LogP contribution in [0.4, 0.5) is 5.69 Å². The molecule has 0 saturated heterocycles. The predicted octanol–water partition coefficient (Wildman–Crippen LogP) is 1.11. The molecule has 1 amide bonds. The number of ether oxygens (including phenoxy) is 2. The molecule has 7 nitrogen and oxygen atoms in total. The van der Waals surface area contributed by atoms with Crippen LogP contribution in [0, 0.1) is 0 Å². The number of carbonyl (C=O) groups excluding carboxylic acids is 3. The van der Waals surface area contributed by atoms with Gasteiger partial charge in [-0.1, -0.05) is 12.1 Å². The highest BCUT2D eigenvalue weighted by atomic mass is 16.6. The topological polar surface area (TPSA) is 98.9 Å². The van der Waals surface area contributed by atoms with E-state index in [4.69, 9.17) is 15.2 Å². The second-order valence-corrected chi connectivity index (χ2v) is 4.80. The van der Waals surface area contributed by atoms with Gasteiger partial charge in [-0.15, -0.1) is 0 Å². The number of rotatable bonds is 7. The summed E-state index contributed by atoms with van der Waals surface area (Å²) in [6, 6.07) is 5.37. The Bertz CT molecular complexity index is 538. The van der Waals surface area contributed by atoms with E-state index in [1.165, 1.54) is 6.92 Å². The van der Waals surface area contributed by atoms with Gasteiger partial charge in [-0.05, 0) is 31.5 Å². The van der Waals surface area contributed by atoms with Gasteiger partial charge in [-0.2, -0.15) is 0 Å². The highest BCUT2D eigenvalue weighted by Crippen LogP contribution is 2.14. The SMILES string of the molecule is CCOC(=O)C(C(=O)OCC)N(Cc1ccc(N)cc1)C(C)=O. The molecule has 126 valence electrons. The number of hydrogen-bond acceptors (Lipinski definition) is 6. The third-order valence-electron chi connectivity index (χ3n) is 3.07. The molecule has 0 fully saturated rings. The van der Waals surface area contributed by atoms with E-state index < -0.39 is 23.9 Å². The van der Waals surface area contributed by atoms with Crippen molar-refractivity contribution < 1.29 is 23.9 Å². The number of benzene rings is 1. The first kappa shape index (κ1) is 18.5. The van der Waals surface area contributed by atoms with Crippen molar-refractivity contribution in [2.24, 2.45) is 0 Å². The minimum Gasteiger partial charge on any atom is -0.464 e. The summed E-state index contributed by atoms with van der Waals surface area (Å²) in [6.45, 7) is 4.79. The maximum atomic E-state index is 12.1. The molecule has 0 atom stereocenters. The molecular formula is C16H22N2O5. The highest BCUT2D eigenvalue weighted by Gasteiger charge is 2.37. The fourth-order valence-electron chi connectivity index (χ4n) is 2.00. The molecule has 1 aromatic rings. The van der Waals surface area contributed by atoms with Gasteiger partial charge in [0, 0.05) is 19.2 Å². The Morgan fingerprint density at radius 1 is 1.04 bits per heavy atom. The van der Waals surface area contributed by atoms with E-state index in [-0.39, 0.29) is 19.8 Å². The molecule has 0 aromatic heterocycles. The highest BCUT2D eigenvalue weighted by molar-refractivity contribution is 6.02. The Hall–Kier alpha value is -2.57. The van der Waals surface area contributed by atoms with Gasteiger partial charge < -0.3 is 20.1 Å². The number of nitrogen functional groups attached to an aromatic ring is 1. The number of nitrogens with two attached hydrogens (primary N) is 1. The van der Waals surface area contributed by atoms with E-state index in [1.54, 1.807) is 38.1 Å². The molecule has 1 rings (SSSR count). The summed E-state index contributed by atoms with van der Waals surface area (Å²) in [5, 5.41) is 0. The summed E-state index contributed by atoms with van der Waals surface area (Å²) >= 11 is 0. The van der Waals surface area contributed by atoms with Crippen LogP contribution in [0.15, 0.2) is 24.3 Å². The molecular weight excluding hydrogens is 300 g/mol. The minimum atomic E-state index is -1.43. The van der Waals surface area contributed by atoms with Crippen molar-refractivity contribution in [2.75, 3.05) is 18.9 Å². The first-order valence-corrected chi connectivity index (χ1v) is 7.35. The predicted molar refractivity (Wildman–Crippen MR) is 84.1 cm³/mol. The Labute approximate surface area is 135 Å². The maximum absolute atomic E-state index is 12.1. The van der Waals surface area contributed by atoms with Crippen molar-refractivity contribution in [2.45, 2.75) is 33.4 Å². The Morgan fingerprint density at radius 3 is 1.91 bits per heavy atom. The lowest BCUT2D eigenvalue weighted by Gasteiger charge is -2.27. The van der Waals surface area contributed by atoms with Gasteiger partial charge in [-0.3, -0.25) is 4.79 Å². The van der Waals surface area contributed by atoms with E-state index in [0.29, 0.717) is 5.69 Å². The number of carbonyl (C=O) groups is 3. The van der Waals surface area contributed by atoms with Crippen LogP contribution in [0.3, 0.4) is 0 Å². The van der Waals surface area contributed by atoms with Crippen LogP contribution in [0.1, 0.15) is 26.3 Å². The summed E-state index contributed by atoms with van der Waals surface area (Å²) in [5.74, 6) is -2.05. The van der Waals surface area contributed by atoms with Gasteiger partial charge in [0.15, 0.2) is 0 Å². The van der Waals surface area contributed by atoms with Gasteiger partial charge >= 0.3 is 11.9 Å². The first-order chi connectivity index (χ1) is 10.9. The fourth-order valence-corrected chi connectivity index (χ4v) is 2.00. The standard InChI is InChI=1S/C16H22N2O5/c1-4-22-15(20)14(16(21)23-5-2)18(11(3)19)10-12-6-8-13(17)9-7-12/h6-9,14H,4-5,10,17H2,1-3H3. The Morgan fingerprint density at radius 2 is 1.52 bits per heavy atom. The molecule has 0 unspecified atom stereocenters. The molecule has 0 saturated carbocycles. The van der Waals surface area contributed by atoms with Crippen LogP contribution in [-0.2, 0) is 30.4 Å². The number of anilines is 1. The first-order valence-electron chi connectivity index (χ1n) is 7.35. The van der Waals surface area contributed by atoms with E-state index in [9.17, 15) is 14.4 Å². The van der Waals surface area contributed by atoms with Gasteiger partial charge in [0.05, 0.1) is 13.2 Å². The van der Waals surface area contributed by atoms with Crippen molar-refractivity contribution in [3.05, 3.63) is 29.8 Å². The number of nitrogens with zero attached hydrogens (tertiary/aromatic N) is 1. The van der Waals surface area contributed by atoms with E-state index in [0.717, 1.165) is 10.5 Å². The number of hydrogen-bond donors (Lipinski definition) is 1. The van der Waals surface area contributed by atoms with Gasteiger partial charge in [-0.25, -0.2) is 9.59 Å². The normalized spacial score (nSPS) is 10.3. The lowest BCUT2D eigenvalue weighted by molar-refractivity contribution is -0.167. The zero-order valence-electron chi connectivity index (χ0n) is 13.6. The molecule has 0 bridgehead atoms. The van der Waals surface area contributed by atoms with Gasteiger partial charge in [0.25, 0.3) is 0 Å². The third kappa shape index (κ3) is 5.28. The Kier molecular flexibility index (Phi) is 7.05. The summed E-state index contributed by atoms with van der Waals surface area (Å²) in [6.07, 6.45) is 0. The van der Waals surface area contributed by atoms with Crippen LogP contribution < -0.4 is 5.73 Å². The second kappa shape index (κ2) is 8.77. The van der Waals surface area contributed by atoms with E-state index in [1.807, 2.05) is 0 Å². The lowest BCUT2D eigenvalue weighted by Crippen LogP contribution is -2.50. The molecule has 0 heterocycles. The third-order valence-corrected chi connectivity index (χ3v) is 3.07. The summed E-state index contributed by atoms with van der Waals surface area (Å²) < 4.78 is 9.81. The van der Waals surface area contributed by atoms with Crippen LogP contribution in [0.5, 0.6) is 0 Å². The van der Waals surface area contributed by atoms with Crippen molar-refractivity contribution >= 4 is 23.5 Å². The van der Waals surface area contributed by atoms with Gasteiger partial charge in [0.2, 0.25) is 11.9 Å². The summed E-state index contributed by atoms with van der Waals surface area (Å²) in [7, 11) is 0. The number of esters is 2. The van der Waals surface area contributed by atoms with Crippen LogP contribution in [-0.4, -0.2) is 42.0 Å². The van der Waals surface area contributed by atoms with Crippen molar-refractivity contribution in [3.63, 3.8) is 0 Å². The average molecular weight is 322 g/mol. The largest absolute Gasteiger partial charge is 0.464 e. The molecule has 0 aliphatic rings. The van der Waals surface area contributed by atoms with Crippen molar-refractivity contribution in [3.8, 4) is 0 Å². The van der Waals surface area contributed by atoms with Crippen LogP contribution >= 0.6 is 0 Å². The lowest BCUT2D eigenvalue weighted by atomic mass is 10.1. The quantitative estimate of drug-likeness (QED) is 0.459. The second-order valence-electron chi connectivity index (χ2n) is 4.80. The molecule has 0 aliphatic heterocycles. The molecule has 2 N–H and O–H groups in total. The molecule has 23 heavy (non-hydrogen) atoms. The van der Waals surface area contributed by atoms with E-state index in [2.05, 4.69) is 0 Å². The molecule has 7 heteroatoms. The minimum absolute atomic E-state index is 0.0674. The monoisotopic (exact) mass is 322 g/mol. The average Bonchev–Trinajstić information content (AvgIpc) is 2.49. The molecule has 0 spiro atoms. The summed E-state index contributed by atoms with van der Waals surface area (Å²) in [5.41, 5.74) is 6.93. The Balaban J connectivity index is 3.08. The smallest absolute Gasteiger partial charge is 0.340 e. The molecule has 1 aromatic carbocycles. The van der Waals surface area contributed by atoms with Crippen LogP contribution in [0.2, 0.25) is 0 Å². The van der Waals surface area contributed by atoms with Crippen molar-refractivity contribution in [1.29, 1.82) is 0 Å². The molecule has 0 aliphatic carbocycles.